The Labute approximate surface area is 134 Å². The molecule has 3 atom stereocenters. The summed E-state index contributed by atoms with van der Waals surface area (Å²) in [6, 6.07) is 1.03. The average Bonchev–Trinajstić information content (AvgIpc) is 2.36. The third-order valence-electron chi connectivity index (χ3n) is 3.73. The lowest BCUT2D eigenvalue weighted by molar-refractivity contribution is 0.0510. The van der Waals surface area contributed by atoms with Gasteiger partial charge in [-0.15, -0.1) is 0 Å². The molecular formula is C16H32N2O2S. The molecule has 21 heavy (non-hydrogen) atoms. The lowest BCUT2D eigenvalue weighted by Gasteiger charge is -2.34. The molecule has 0 aromatic carbocycles. The first-order valence-electron chi connectivity index (χ1n) is 8.03. The van der Waals surface area contributed by atoms with Crippen LogP contribution in [0.2, 0.25) is 0 Å². The van der Waals surface area contributed by atoms with Gasteiger partial charge in [-0.1, -0.05) is 12.8 Å². The number of hydrogen-bond donors (Lipinski definition) is 2. The summed E-state index contributed by atoms with van der Waals surface area (Å²) in [5, 5.41) is 6.67. The molecule has 1 rings (SSSR count). The second kappa shape index (κ2) is 8.89. The summed E-state index contributed by atoms with van der Waals surface area (Å²) >= 11 is 1.87. The molecule has 3 unspecified atom stereocenters. The maximum atomic E-state index is 11.8. The van der Waals surface area contributed by atoms with E-state index in [-0.39, 0.29) is 6.09 Å². The van der Waals surface area contributed by atoms with Gasteiger partial charge >= 0.3 is 6.09 Å². The van der Waals surface area contributed by atoms with Gasteiger partial charge in [0.05, 0.1) is 0 Å². The molecule has 1 amide bonds. The van der Waals surface area contributed by atoms with E-state index in [0.29, 0.717) is 24.5 Å². The van der Waals surface area contributed by atoms with Crippen molar-refractivity contribution in [1.29, 1.82) is 0 Å². The smallest absolute Gasteiger partial charge is 0.407 e. The first kappa shape index (κ1) is 18.6. The highest BCUT2D eigenvalue weighted by molar-refractivity contribution is 7.98. The fourth-order valence-corrected chi connectivity index (χ4v) is 3.46. The molecular weight excluding hydrogens is 284 g/mol. The molecule has 124 valence electrons. The van der Waals surface area contributed by atoms with E-state index in [1.165, 1.54) is 25.7 Å². The Kier molecular flexibility index (Phi) is 7.88. The van der Waals surface area contributed by atoms with E-state index in [4.69, 9.17) is 4.74 Å². The molecule has 5 heteroatoms. The standard InChI is InChI=1S/C16H32N2O2S/c1-12(11-21-5)18-14-9-7-6-8-13(14)10-17-15(19)20-16(2,3)4/h12-14,18H,6-11H2,1-5H3,(H,17,19). The fourth-order valence-electron chi connectivity index (χ4n) is 2.86. The van der Waals surface area contributed by atoms with E-state index < -0.39 is 5.60 Å². The van der Waals surface area contributed by atoms with Crippen LogP contribution in [0.25, 0.3) is 0 Å². The number of ether oxygens (including phenoxy) is 1. The third-order valence-corrected chi connectivity index (χ3v) is 4.57. The number of alkyl carbamates (subject to hydrolysis) is 1. The Morgan fingerprint density at radius 3 is 2.62 bits per heavy atom. The molecule has 1 aliphatic carbocycles. The zero-order chi connectivity index (χ0) is 15.9. The minimum Gasteiger partial charge on any atom is -0.444 e. The zero-order valence-electron chi connectivity index (χ0n) is 14.2. The van der Waals surface area contributed by atoms with Gasteiger partial charge in [0.1, 0.15) is 5.60 Å². The van der Waals surface area contributed by atoms with Crippen LogP contribution >= 0.6 is 11.8 Å². The summed E-state index contributed by atoms with van der Waals surface area (Å²) < 4.78 is 5.31. The van der Waals surface area contributed by atoms with Gasteiger partial charge < -0.3 is 15.4 Å². The van der Waals surface area contributed by atoms with E-state index in [1.807, 2.05) is 32.5 Å². The molecule has 1 aliphatic rings. The van der Waals surface area contributed by atoms with E-state index in [0.717, 1.165) is 5.75 Å². The average molecular weight is 317 g/mol. The molecule has 0 aliphatic heterocycles. The molecule has 0 aromatic rings. The third kappa shape index (κ3) is 7.96. The van der Waals surface area contributed by atoms with Crippen LogP contribution in [0.4, 0.5) is 4.79 Å². The van der Waals surface area contributed by atoms with Crippen LogP contribution in [-0.4, -0.2) is 42.3 Å². The highest BCUT2D eigenvalue weighted by Gasteiger charge is 2.27. The fraction of sp³-hybridized carbons (Fsp3) is 0.938. The van der Waals surface area contributed by atoms with Crippen LogP contribution in [-0.2, 0) is 4.74 Å². The normalized spacial score (nSPS) is 24.4. The van der Waals surface area contributed by atoms with Gasteiger partial charge in [-0.25, -0.2) is 4.79 Å². The minimum absolute atomic E-state index is 0.302. The Bertz CT molecular complexity index is 318. The number of rotatable bonds is 6. The lowest BCUT2D eigenvalue weighted by Crippen LogP contribution is -2.48. The SMILES string of the molecule is CSCC(C)NC1CCCCC1CNC(=O)OC(C)(C)C. The van der Waals surface area contributed by atoms with Gasteiger partial charge in [-0.2, -0.15) is 11.8 Å². The van der Waals surface area contributed by atoms with Crippen molar-refractivity contribution in [3.8, 4) is 0 Å². The highest BCUT2D eigenvalue weighted by atomic mass is 32.2. The van der Waals surface area contributed by atoms with E-state index in [2.05, 4.69) is 23.8 Å². The van der Waals surface area contributed by atoms with Crippen molar-refractivity contribution in [3.63, 3.8) is 0 Å². The van der Waals surface area contributed by atoms with Crippen molar-refractivity contribution in [1.82, 2.24) is 10.6 Å². The lowest BCUT2D eigenvalue weighted by atomic mass is 9.84. The predicted molar refractivity (Wildman–Crippen MR) is 91.0 cm³/mol. The minimum atomic E-state index is -0.429. The molecule has 2 N–H and O–H groups in total. The Morgan fingerprint density at radius 2 is 2.00 bits per heavy atom. The molecule has 0 spiro atoms. The summed E-state index contributed by atoms with van der Waals surface area (Å²) in [6.45, 7) is 8.62. The Balaban J connectivity index is 2.41. The van der Waals surface area contributed by atoms with E-state index in [9.17, 15) is 4.79 Å². The Morgan fingerprint density at radius 1 is 1.33 bits per heavy atom. The largest absolute Gasteiger partial charge is 0.444 e. The van der Waals surface area contributed by atoms with Crippen LogP contribution in [0.15, 0.2) is 0 Å². The maximum absolute atomic E-state index is 11.8. The Hall–Kier alpha value is -0.420. The van der Waals surface area contributed by atoms with Crippen LogP contribution in [0.3, 0.4) is 0 Å². The van der Waals surface area contributed by atoms with Crippen LogP contribution in [0.1, 0.15) is 53.4 Å². The van der Waals surface area contributed by atoms with Gasteiger partial charge in [0, 0.05) is 24.4 Å². The highest BCUT2D eigenvalue weighted by Crippen LogP contribution is 2.24. The van der Waals surface area contributed by atoms with Crippen molar-refractivity contribution < 1.29 is 9.53 Å². The summed E-state index contributed by atoms with van der Waals surface area (Å²) in [5.41, 5.74) is -0.429. The van der Waals surface area contributed by atoms with Gasteiger partial charge in [0.2, 0.25) is 0 Å². The van der Waals surface area contributed by atoms with Gasteiger partial charge in [-0.05, 0) is 52.7 Å². The molecule has 0 saturated heterocycles. The zero-order valence-corrected chi connectivity index (χ0v) is 15.0. The molecule has 0 aromatic heterocycles. The number of amides is 1. The van der Waals surface area contributed by atoms with Crippen LogP contribution in [0, 0.1) is 5.92 Å². The first-order chi connectivity index (χ1) is 9.81. The summed E-state index contributed by atoms with van der Waals surface area (Å²) in [4.78, 5) is 11.8. The van der Waals surface area contributed by atoms with Crippen molar-refractivity contribution in [3.05, 3.63) is 0 Å². The molecule has 0 heterocycles. The van der Waals surface area contributed by atoms with Gasteiger partial charge in [-0.3, -0.25) is 0 Å². The second-order valence-corrected chi connectivity index (χ2v) is 7.97. The summed E-state index contributed by atoms with van der Waals surface area (Å²) in [7, 11) is 0. The molecule has 4 nitrogen and oxygen atoms in total. The number of carbonyl (C=O) groups excluding carboxylic acids is 1. The number of carbonyl (C=O) groups is 1. The van der Waals surface area contributed by atoms with Crippen molar-refractivity contribution >= 4 is 17.9 Å². The molecule has 0 bridgehead atoms. The quantitative estimate of drug-likeness (QED) is 0.788. The van der Waals surface area contributed by atoms with Crippen molar-refractivity contribution in [2.24, 2.45) is 5.92 Å². The van der Waals surface area contributed by atoms with E-state index in [1.54, 1.807) is 0 Å². The van der Waals surface area contributed by atoms with E-state index >= 15 is 0 Å². The monoisotopic (exact) mass is 316 g/mol. The number of nitrogens with one attached hydrogen (secondary N) is 2. The van der Waals surface area contributed by atoms with Crippen LogP contribution in [0.5, 0.6) is 0 Å². The number of thioether (sulfide) groups is 1. The van der Waals surface area contributed by atoms with Crippen molar-refractivity contribution in [2.75, 3.05) is 18.6 Å². The van der Waals surface area contributed by atoms with Gasteiger partial charge in [0.15, 0.2) is 0 Å². The first-order valence-corrected chi connectivity index (χ1v) is 9.43. The van der Waals surface area contributed by atoms with Crippen molar-refractivity contribution in [2.45, 2.75) is 71.1 Å². The predicted octanol–water partition coefficient (Wildman–Crippen LogP) is 3.41. The topological polar surface area (TPSA) is 50.4 Å². The van der Waals surface area contributed by atoms with Gasteiger partial charge in [0.25, 0.3) is 0 Å². The summed E-state index contributed by atoms with van der Waals surface area (Å²) in [5.74, 6) is 1.64. The molecule has 0 radical (unpaired) electrons. The molecule has 1 fully saturated rings. The number of hydrogen-bond acceptors (Lipinski definition) is 4. The maximum Gasteiger partial charge on any atom is 0.407 e. The summed E-state index contributed by atoms with van der Waals surface area (Å²) in [6.07, 6.45) is 6.77. The van der Waals surface area contributed by atoms with Crippen LogP contribution < -0.4 is 10.6 Å². The molecule has 1 saturated carbocycles. The second-order valence-electron chi connectivity index (χ2n) is 7.06.